The fraction of sp³-hybridized carbons (Fsp3) is 0.0645. The molecule has 1 radical (unpaired) electrons. The Morgan fingerprint density at radius 1 is 0.865 bits per heavy atom. The van der Waals surface area contributed by atoms with Crippen LogP contribution >= 0.6 is 11.3 Å². The predicted octanol–water partition coefficient (Wildman–Crippen LogP) is 8.22. The van der Waals surface area contributed by atoms with Crippen LogP contribution in [0.15, 0.2) is 95.0 Å². The predicted molar refractivity (Wildman–Crippen MR) is 147 cm³/mol. The van der Waals surface area contributed by atoms with E-state index in [0.717, 1.165) is 43.4 Å². The Balaban J connectivity index is 0.000000209. The first-order chi connectivity index (χ1) is 18.9. The van der Waals surface area contributed by atoms with Crippen LogP contribution in [0.1, 0.15) is 15.4 Å². The van der Waals surface area contributed by atoms with Gasteiger partial charge in [-0.15, -0.1) is 54.1 Å². The largest absolute Gasteiger partial charge is 0.486 e. The number of pyridine rings is 3. The van der Waals surface area contributed by atoms with E-state index in [1.807, 2.05) is 60.7 Å². The molecule has 4 nitrogen and oxygen atoms in total. The molecule has 0 fully saturated rings. The van der Waals surface area contributed by atoms with Gasteiger partial charge in [0.25, 0.3) is 0 Å². The van der Waals surface area contributed by atoms with Crippen molar-refractivity contribution in [2.24, 2.45) is 0 Å². The van der Waals surface area contributed by atoms with Gasteiger partial charge < -0.3 is 14.4 Å². The summed E-state index contributed by atoms with van der Waals surface area (Å²) in [6.07, 6.45) is 3.58. The Labute approximate surface area is 236 Å². The first-order valence-electron chi connectivity index (χ1n) is 12.9. The zero-order valence-corrected chi connectivity index (χ0v) is 22.9. The molecule has 0 amide bonds. The summed E-state index contributed by atoms with van der Waals surface area (Å²) in [6.45, 7) is -0.196. The Morgan fingerprint density at radius 2 is 1.78 bits per heavy atom. The summed E-state index contributed by atoms with van der Waals surface area (Å²) in [5, 5.41) is 4.92. The number of aromatic nitrogens is 3. The van der Waals surface area contributed by atoms with Crippen LogP contribution in [0.2, 0.25) is 0 Å². The minimum atomic E-state index is -2.27. The maximum atomic E-state index is 7.57. The Hall–Kier alpha value is -3.70. The van der Waals surface area contributed by atoms with E-state index in [9.17, 15) is 0 Å². The third-order valence-corrected chi connectivity index (χ3v) is 6.99. The molecule has 183 valence electrons. The zero-order chi connectivity index (χ0) is 27.0. The zero-order valence-electron chi connectivity index (χ0n) is 22.7. The number of hydrogen-bond acceptors (Lipinski definition) is 5. The minimum absolute atomic E-state index is 0. The average Bonchev–Trinajstić information content (AvgIpc) is 3.54. The van der Waals surface area contributed by atoms with Gasteiger partial charge in [-0.05, 0) is 60.1 Å². The van der Waals surface area contributed by atoms with Crippen molar-refractivity contribution < 1.29 is 28.6 Å². The average molecular weight is 679 g/mol. The van der Waals surface area contributed by atoms with Gasteiger partial charge in [-0.3, -0.25) is 0 Å². The van der Waals surface area contributed by atoms with E-state index >= 15 is 0 Å². The number of rotatable bonds is 2. The quantitative estimate of drug-likeness (QED) is 0.173. The summed E-state index contributed by atoms with van der Waals surface area (Å²) in [4.78, 5) is 13.0. The molecular weight excluding hydrogens is 655 g/mol. The number of hydrogen-bond donors (Lipinski definition) is 0. The molecule has 0 saturated heterocycles. The molecular formula is C31H21IrN3OS-2. The number of aryl methyl sites for hydroxylation is 2. The third kappa shape index (κ3) is 4.84. The molecule has 0 saturated carbocycles. The van der Waals surface area contributed by atoms with Crippen molar-refractivity contribution in [2.75, 3.05) is 0 Å². The number of thiophene rings is 1. The molecule has 0 N–H and O–H groups in total. The maximum Gasteiger partial charge on any atom is 0.216 e. The fourth-order valence-electron chi connectivity index (χ4n) is 4.14. The van der Waals surface area contributed by atoms with Crippen molar-refractivity contribution in [1.82, 2.24) is 15.0 Å². The van der Waals surface area contributed by atoms with Gasteiger partial charge in [-0.2, -0.15) is 11.3 Å². The fourth-order valence-corrected chi connectivity index (χ4v) is 5.18. The van der Waals surface area contributed by atoms with Crippen molar-refractivity contribution in [3.63, 3.8) is 0 Å². The van der Waals surface area contributed by atoms with Crippen molar-refractivity contribution in [3.8, 4) is 22.5 Å². The summed E-state index contributed by atoms with van der Waals surface area (Å²) in [5.41, 5.74) is 5.74. The van der Waals surface area contributed by atoms with Gasteiger partial charge in [0.15, 0.2) is 0 Å². The summed E-state index contributed by atoms with van der Waals surface area (Å²) >= 11 is 1.64. The molecule has 0 atom stereocenters. The van der Waals surface area contributed by atoms with Crippen molar-refractivity contribution in [2.45, 2.75) is 13.8 Å². The van der Waals surface area contributed by atoms with Crippen LogP contribution in [0, 0.1) is 25.9 Å². The minimum Gasteiger partial charge on any atom is -0.486 e. The second-order valence-electron chi connectivity index (χ2n) is 8.19. The molecule has 0 aliphatic carbocycles. The van der Waals surface area contributed by atoms with Crippen molar-refractivity contribution in [1.29, 1.82) is 0 Å². The van der Waals surface area contributed by atoms with Crippen LogP contribution in [-0.2, 0) is 20.1 Å². The molecule has 0 aliphatic heterocycles. The topological polar surface area (TPSA) is 51.8 Å². The van der Waals surface area contributed by atoms with Gasteiger partial charge in [0.1, 0.15) is 0 Å². The molecule has 0 unspecified atom stereocenters. The van der Waals surface area contributed by atoms with Gasteiger partial charge in [0.2, 0.25) is 5.71 Å². The molecule has 2 aromatic carbocycles. The van der Waals surface area contributed by atoms with Gasteiger partial charge >= 0.3 is 0 Å². The Kier molecular flexibility index (Phi) is 6.20. The van der Waals surface area contributed by atoms with Crippen molar-refractivity contribution >= 4 is 43.5 Å². The van der Waals surface area contributed by atoms with Gasteiger partial charge in [0, 0.05) is 58.1 Å². The van der Waals surface area contributed by atoms with Crippen LogP contribution in [-0.4, -0.2) is 15.0 Å². The summed E-state index contributed by atoms with van der Waals surface area (Å²) < 4.78 is 29.8. The van der Waals surface area contributed by atoms with Crippen LogP contribution in [0.25, 0.3) is 54.7 Å². The number of nitrogens with zero attached hydrogens (tertiary/aromatic N) is 3. The molecule has 0 spiro atoms. The van der Waals surface area contributed by atoms with E-state index in [-0.39, 0.29) is 25.8 Å². The smallest absolute Gasteiger partial charge is 0.216 e. The van der Waals surface area contributed by atoms with E-state index in [2.05, 4.69) is 39.4 Å². The normalized spacial score (nSPS) is 12.3. The van der Waals surface area contributed by atoms with E-state index in [1.54, 1.807) is 29.8 Å². The van der Waals surface area contributed by atoms with E-state index in [1.165, 1.54) is 11.6 Å². The van der Waals surface area contributed by atoms with Crippen LogP contribution in [0.5, 0.6) is 0 Å². The monoisotopic (exact) mass is 679 g/mol. The molecule has 0 bridgehead atoms. The van der Waals surface area contributed by atoms with E-state index < -0.39 is 6.85 Å². The van der Waals surface area contributed by atoms with Gasteiger partial charge in [0.05, 0.1) is 5.58 Å². The second-order valence-corrected chi connectivity index (χ2v) is 9.07. The molecule has 5 heterocycles. The maximum absolute atomic E-state index is 7.57. The second kappa shape index (κ2) is 10.7. The molecule has 7 rings (SSSR count). The van der Waals surface area contributed by atoms with E-state index in [4.69, 9.17) is 8.53 Å². The number of furan rings is 1. The molecule has 5 aromatic heterocycles. The summed E-state index contributed by atoms with van der Waals surface area (Å²) in [6, 6.07) is 29.1. The Morgan fingerprint density at radius 3 is 2.59 bits per heavy atom. The third-order valence-electron chi connectivity index (χ3n) is 5.87. The molecule has 0 aliphatic rings. The number of fused-ring (bicyclic) bond motifs is 4. The first kappa shape index (κ1) is 21.4. The molecule has 37 heavy (non-hydrogen) atoms. The summed E-state index contributed by atoms with van der Waals surface area (Å²) in [5.74, 6) is 0. The molecule has 7 aromatic rings. The van der Waals surface area contributed by atoms with Crippen LogP contribution < -0.4 is 0 Å². The van der Waals surface area contributed by atoms with E-state index in [0.29, 0.717) is 11.3 Å². The number of benzene rings is 2. The molecule has 6 heteroatoms. The van der Waals surface area contributed by atoms with Gasteiger partial charge in [-0.25, -0.2) is 4.98 Å². The van der Waals surface area contributed by atoms with Crippen molar-refractivity contribution in [3.05, 3.63) is 114 Å². The van der Waals surface area contributed by atoms with Crippen LogP contribution in [0.3, 0.4) is 0 Å². The van der Waals surface area contributed by atoms with Gasteiger partial charge in [-0.1, -0.05) is 23.1 Å². The standard InChI is InChI=1S/C20H13N2OS.C11H8N.Ir/c1-11-10-24-19-13(11)8-9-21-17(19)16-5-3-4-14-15-7-6-12(2)22-20(15)23-18(14)16;1-2-6-10(7-3-1)11-8-4-5-9-12-11;/h3-4,6-10H,1-2H3;1-6,8-9H;/q2*-1;/i2D3;;. The summed E-state index contributed by atoms with van der Waals surface area (Å²) in [7, 11) is 0. The van der Waals surface area contributed by atoms with Crippen LogP contribution in [0.4, 0.5) is 0 Å². The first-order valence-corrected chi connectivity index (χ1v) is 12.2. The Bertz CT molecular complexity index is 1880. The SMILES string of the molecule is [2H]C([2H])([2H])c1ccc2c(n1)oc1c(-c3nccc4c(C)csc34)[c-]ccc12.[Ir].[c-]1ccccc1-c1ccccn1.